The molecule has 0 saturated heterocycles. The molecule has 0 aliphatic rings. The summed E-state index contributed by atoms with van der Waals surface area (Å²) < 4.78 is 31.0. The van der Waals surface area contributed by atoms with E-state index in [2.05, 4.69) is 15.2 Å². The summed E-state index contributed by atoms with van der Waals surface area (Å²) in [5.74, 6) is 0.272. The van der Waals surface area contributed by atoms with Crippen LogP contribution in [0.4, 0.5) is 5.82 Å². The summed E-state index contributed by atoms with van der Waals surface area (Å²) in [6.45, 7) is 3.12. The van der Waals surface area contributed by atoms with E-state index >= 15 is 0 Å². The number of hydrogen-bond donors (Lipinski definition) is 2. The SMILES string of the molecule is Cc1cc(NC(=O)[C@H](C)NS(=O)(=O)N(C)C)no1. The zero-order valence-electron chi connectivity index (χ0n) is 10.6. The van der Waals surface area contributed by atoms with Crippen molar-refractivity contribution in [2.45, 2.75) is 19.9 Å². The highest BCUT2D eigenvalue weighted by Gasteiger charge is 2.22. The number of amides is 1. The highest BCUT2D eigenvalue weighted by Crippen LogP contribution is 2.07. The van der Waals surface area contributed by atoms with Crippen molar-refractivity contribution in [3.63, 3.8) is 0 Å². The van der Waals surface area contributed by atoms with Gasteiger partial charge in [0.1, 0.15) is 5.76 Å². The highest BCUT2D eigenvalue weighted by molar-refractivity contribution is 7.87. The van der Waals surface area contributed by atoms with Crippen LogP contribution in [0.1, 0.15) is 12.7 Å². The average molecular weight is 276 g/mol. The fourth-order valence-corrected chi connectivity index (χ4v) is 1.81. The van der Waals surface area contributed by atoms with Gasteiger partial charge in [-0.15, -0.1) is 0 Å². The second-order valence-electron chi connectivity index (χ2n) is 3.94. The molecule has 1 aromatic heterocycles. The Kier molecular flexibility index (Phi) is 4.43. The summed E-state index contributed by atoms with van der Waals surface area (Å²) in [5, 5.41) is 6.01. The maximum atomic E-state index is 11.7. The van der Waals surface area contributed by atoms with Crippen LogP contribution in [0, 0.1) is 6.92 Å². The Morgan fingerprint density at radius 3 is 2.56 bits per heavy atom. The number of aryl methyl sites for hydroxylation is 1. The van der Waals surface area contributed by atoms with Crippen LogP contribution in [0.5, 0.6) is 0 Å². The molecular formula is C9H16N4O4S. The molecule has 1 aromatic rings. The standard InChI is InChI=1S/C9H16N4O4S/c1-6-5-8(11-17-6)10-9(14)7(2)12-18(15,16)13(3)4/h5,7,12H,1-4H3,(H,10,11,14)/t7-/m0/s1. The van der Waals surface area contributed by atoms with Gasteiger partial charge in [0.25, 0.3) is 10.2 Å². The van der Waals surface area contributed by atoms with Gasteiger partial charge in [-0.2, -0.15) is 17.4 Å². The normalized spacial score (nSPS) is 13.6. The van der Waals surface area contributed by atoms with E-state index in [1.807, 2.05) is 0 Å². The lowest BCUT2D eigenvalue weighted by molar-refractivity contribution is -0.117. The van der Waals surface area contributed by atoms with Crippen LogP contribution in [-0.2, 0) is 15.0 Å². The summed E-state index contributed by atoms with van der Waals surface area (Å²) in [4.78, 5) is 11.7. The van der Waals surface area contributed by atoms with E-state index in [0.717, 1.165) is 4.31 Å². The van der Waals surface area contributed by atoms with Crippen molar-refractivity contribution in [1.82, 2.24) is 14.2 Å². The van der Waals surface area contributed by atoms with Gasteiger partial charge in [-0.1, -0.05) is 5.16 Å². The molecule has 1 atom stereocenters. The number of nitrogens with one attached hydrogen (secondary N) is 2. The van der Waals surface area contributed by atoms with E-state index in [-0.39, 0.29) is 5.82 Å². The highest BCUT2D eigenvalue weighted by atomic mass is 32.2. The zero-order chi connectivity index (χ0) is 13.9. The molecule has 1 heterocycles. The first-order valence-corrected chi connectivity index (χ1v) is 6.60. The topological polar surface area (TPSA) is 105 Å². The Balaban J connectivity index is 2.63. The van der Waals surface area contributed by atoms with Gasteiger partial charge in [-0.3, -0.25) is 4.79 Å². The molecule has 0 spiro atoms. The molecule has 9 heteroatoms. The molecule has 0 radical (unpaired) electrons. The molecule has 1 rings (SSSR count). The van der Waals surface area contributed by atoms with Gasteiger partial charge >= 0.3 is 0 Å². The molecule has 0 aliphatic carbocycles. The molecule has 2 N–H and O–H groups in total. The number of hydrogen-bond acceptors (Lipinski definition) is 5. The van der Waals surface area contributed by atoms with Gasteiger partial charge in [0, 0.05) is 20.2 Å². The average Bonchev–Trinajstić information content (AvgIpc) is 2.63. The lowest BCUT2D eigenvalue weighted by Gasteiger charge is -2.16. The van der Waals surface area contributed by atoms with Gasteiger partial charge in [0.05, 0.1) is 6.04 Å². The van der Waals surface area contributed by atoms with Crippen LogP contribution in [0.3, 0.4) is 0 Å². The molecule has 0 bridgehead atoms. The molecule has 0 unspecified atom stereocenters. The first kappa shape index (κ1) is 14.6. The van der Waals surface area contributed by atoms with Gasteiger partial charge in [-0.05, 0) is 13.8 Å². The van der Waals surface area contributed by atoms with E-state index in [4.69, 9.17) is 4.52 Å². The van der Waals surface area contributed by atoms with Crippen LogP contribution in [0.15, 0.2) is 10.6 Å². The van der Waals surface area contributed by atoms with Crippen LogP contribution >= 0.6 is 0 Å². The van der Waals surface area contributed by atoms with Gasteiger partial charge < -0.3 is 9.84 Å². The van der Waals surface area contributed by atoms with E-state index in [1.165, 1.54) is 27.1 Å². The number of carbonyl (C=O) groups excluding carboxylic acids is 1. The third-order valence-corrected chi connectivity index (χ3v) is 3.69. The molecule has 1 amide bonds. The fraction of sp³-hybridized carbons (Fsp3) is 0.556. The van der Waals surface area contributed by atoms with E-state index in [9.17, 15) is 13.2 Å². The van der Waals surface area contributed by atoms with Crippen LogP contribution in [0.2, 0.25) is 0 Å². The number of aromatic nitrogens is 1. The van der Waals surface area contributed by atoms with Crippen molar-refractivity contribution in [3.8, 4) is 0 Å². The van der Waals surface area contributed by atoms with E-state index in [0.29, 0.717) is 5.76 Å². The molecule has 0 fully saturated rings. The van der Waals surface area contributed by atoms with Gasteiger partial charge in [-0.25, -0.2) is 0 Å². The van der Waals surface area contributed by atoms with Crippen molar-refractivity contribution >= 4 is 21.9 Å². The minimum atomic E-state index is -3.65. The maximum Gasteiger partial charge on any atom is 0.279 e. The van der Waals surface area contributed by atoms with Crippen LogP contribution < -0.4 is 10.0 Å². The maximum absolute atomic E-state index is 11.7. The predicted molar refractivity (Wildman–Crippen MR) is 65.1 cm³/mol. The monoisotopic (exact) mass is 276 g/mol. The largest absolute Gasteiger partial charge is 0.360 e. The van der Waals surface area contributed by atoms with E-state index < -0.39 is 22.2 Å². The van der Waals surface area contributed by atoms with Crippen LogP contribution in [-0.4, -0.2) is 43.9 Å². The smallest absolute Gasteiger partial charge is 0.279 e. The van der Waals surface area contributed by atoms with Crippen molar-refractivity contribution in [3.05, 3.63) is 11.8 Å². The van der Waals surface area contributed by atoms with Gasteiger partial charge in [0.2, 0.25) is 5.91 Å². The summed E-state index contributed by atoms with van der Waals surface area (Å²) >= 11 is 0. The zero-order valence-corrected chi connectivity index (χ0v) is 11.4. The second-order valence-corrected chi connectivity index (χ2v) is 5.86. The quantitative estimate of drug-likeness (QED) is 0.768. The summed E-state index contributed by atoms with van der Waals surface area (Å²) in [7, 11) is -0.913. The minimum Gasteiger partial charge on any atom is -0.360 e. The second kappa shape index (κ2) is 5.46. The number of anilines is 1. The predicted octanol–water partition coefficient (Wildman–Crippen LogP) is -0.294. The van der Waals surface area contributed by atoms with Gasteiger partial charge in [0.15, 0.2) is 5.82 Å². The third-order valence-electron chi connectivity index (χ3n) is 2.08. The Bertz CT molecular complexity index is 522. The summed E-state index contributed by atoms with van der Waals surface area (Å²) in [6.07, 6.45) is 0. The number of carbonyl (C=O) groups is 1. The fourth-order valence-electron chi connectivity index (χ4n) is 1.04. The van der Waals surface area contributed by atoms with Crippen molar-refractivity contribution in [2.75, 3.05) is 19.4 Å². The summed E-state index contributed by atoms with van der Waals surface area (Å²) in [5.41, 5.74) is 0. The van der Waals surface area contributed by atoms with Crippen LogP contribution in [0.25, 0.3) is 0 Å². The van der Waals surface area contributed by atoms with Crippen molar-refractivity contribution in [1.29, 1.82) is 0 Å². The number of rotatable bonds is 5. The lowest BCUT2D eigenvalue weighted by atomic mass is 10.3. The van der Waals surface area contributed by atoms with Crippen molar-refractivity contribution < 1.29 is 17.7 Å². The summed E-state index contributed by atoms with van der Waals surface area (Å²) in [6, 6.07) is 0.611. The molecule has 0 aromatic carbocycles. The third kappa shape index (κ3) is 3.79. The Morgan fingerprint density at radius 2 is 2.11 bits per heavy atom. The molecular weight excluding hydrogens is 260 g/mol. The molecule has 102 valence electrons. The minimum absolute atomic E-state index is 0.244. The molecule has 0 aliphatic heterocycles. The Morgan fingerprint density at radius 1 is 1.50 bits per heavy atom. The first-order valence-electron chi connectivity index (χ1n) is 5.16. The Labute approximate surface area is 106 Å². The first-order chi connectivity index (χ1) is 8.22. The molecule has 18 heavy (non-hydrogen) atoms. The Hall–Kier alpha value is -1.45. The molecule has 0 saturated carbocycles. The van der Waals surface area contributed by atoms with Crippen molar-refractivity contribution in [2.24, 2.45) is 0 Å². The lowest BCUT2D eigenvalue weighted by Crippen LogP contribution is -2.46. The van der Waals surface area contributed by atoms with E-state index in [1.54, 1.807) is 6.92 Å². The number of nitrogens with zero attached hydrogens (tertiary/aromatic N) is 2. The molecule has 8 nitrogen and oxygen atoms in total.